The van der Waals surface area contributed by atoms with E-state index in [2.05, 4.69) is 49.5 Å². The van der Waals surface area contributed by atoms with Crippen LogP contribution in [0.5, 0.6) is 5.75 Å². The van der Waals surface area contributed by atoms with Crippen molar-refractivity contribution in [3.8, 4) is 5.75 Å². The van der Waals surface area contributed by atoms with Crippen LogP contribution in [0, 0.1) is 6.92 Å². The van der Waals surface area contributed by atoms with E-state index in [9.17, 15) is 5.11 Å². The van der Waals surface area contributed by atoms with E-state index in [0.717, 1.165) is 12.8 Å². The molecular weight excluding hydrogens is 246 g/mol. The van der Waals surface area contributed by atoms with Crippen LogP contribution < -0.4 is 5.32 Å². The van der Waals surface area contributed by atoms with Gasteiger partial charge in [0.2, 0.25) is 0 Å². The number of phenolic OH excluding ortho intramolecular Hbond substituents is 1. The molecule has 0 aromatic heterocycles. The topological polar surface area (TPSA) is 32.3 Å². The van der Waals surface area contributed by atoms with Crippen molar-refractivity contribution in [3.05, 3.63) is 64.7 Å². The number of hydrogen-bond donors (Lipinski definition) is 2. The van der Waals surface area contributed by atoms with Gasteiger partial charge in [0.15, 0.2) is 0 Å². The second kappa shape index (κ2) is 5.29. The zero-order chi connectivity index (χ0) is 14.1. The van der Waals surface area contributed by atoms with E-state index < -0.39 is 0 Å². The predicted molar refractivity (Wildman–Crippen MR) is 81.9 cm³/mol. The van der Waals surface area contributed by atoms with Gasteiger partial charge in [-0.3, -0.25) is 0 Å². The minimum absolute atomic E-state index is 0.333. The summed E-state index contributed by atoms with van der Waals surface area (Å²) in [5, 5.41) is 13.3. The van der Waals surface area contributed by atoms with Crippen LogP contribution in [-0.4, -0.2) is 5.11 Å². The fourth-order valence-corrected chi connectivity index (χ4v) is 3.11. The van der Waals surface area contributed by atoms with Crippen LogP contribution in [0.1, 0.15) is 47.7 Å². The first kappa shape index (κ1) is 13.2. The molecule has 0 fully saturated rings. The van der Waals surface area contributed by atoms with Crippen molar-refractivity contribution < 1.29 is 5.11 Å². The Kier molecular flexibility index (Phi) is 3.49. The summed E-state index contributed by atoms with van der Waals surface area (Å²) in [5.41, 5.74) is 5.24. The lowest BCUT2D eigenvalue weighted by Crippen LogP contribution is -2.23. The van der Waals surface area contributed by atoms with Gasteiger partial charge in [-0.15, -0.1) is 0 Å². The SMILES string of the molecule is Cc1cccc([C@@H](C)NC2CCc3cc(O)ccc32)c1. The largest absolute Gasteiger partial charge is 0.508 e. The Morgan fingerprint density at radius 2 is 2.05 bits per heavy atom. The number of aryl methyl sites for hydroxylation is 2. The Balaban J connectivity index is 1.77. The van der Waals surface area contributed by atoms with Gasteiger partial charge in [0.05, 0.1) is 0 Å². The van der Waals surface area contributed by atoms with E-state index in [-0.39, 0.29) is 0 Å². The zero-order valence-electron chi connectivity index (χ0n) is 12.1. The van der Waals surface area contributed by atoms with Crippen LogP contribution in [0.15, 0.2) is 42.5 Å². The fourth-order valence-electron chi connectivity index (χ4n) is 3.11. The zero-order valence-corrected chi connectivity index (χ0v) is 12.1. The molecule has 0 aliphatic heterocycles. The average molecular weight is 267 g/mol. The average Bonchev–Trinajstić information content (AvgIpc) is 2.81. The third-order valence-electron chi connectivity index (χ3n) is 4.20. The highest BCUT2D eigenvalue weighted by Gasteiger charge is 2.24. The number of benzene rings is 2. The summed E-state index contributed by atoms with van der Waals surface area (Å²) in [4.78, 5) is 0. The molecule has 0 spiro atoms. The summed E-state index contributed by atoms with van der Waals surface area (Å²) >= 11 is 0. The van der Waals surface area contributed by atoms with Crippen molar-refractivity contribution in [1.82, 2.24) is 5.32 Å². The van der Waals surface area contributed by atoms with Crippen LogP contribution in [0.2, 0.25) is 0 Å². The van der Waals surface area contributed by atoms with E-state index in [0.29, 0.717) is 17.8 Å². The van der Waals surface area contributed by atoms with E-state index in [1.54, 1.807) is 6.07 Å². The Morgan fingerprint density at radius 1 is 1.20 bits per heavy atom. The summed E-state index contributed by atoms with van der Waals surface area (Å²) in [7, 11) is 0. The molecule has 1 aliphatic carbocycles. The monoisotopic (exact) mass is 267 g/mol. The molecule has 0 radical (unpaired) electrons. The first-order valence-corrected chi connectivity index (χ1v) is 7.28. The molecule has 3 rings (SSSR count). The third kappa shape index (κ3) is 2.56. The second-order valence-corrected chi connectivity index (χ2v) is 5.78. The maximum absolute atomic E-state index is 9.55. The molecule has 0 amide bonds. The van der Waals surface area contributed by atoms with Gasteiger partial charge < -0.3 is 10.4 Å². The molecule has 0 saturated heterocycles. The summed E-state index contributed by atoms with van der Waals surface area (Å²) in [6.45, 7) is 4.34. The van der Waals surface area contributed by atoms with Gasteiger partial charge in [-0.1, -0.05) is 35.9 Å². The van der Waals surface area contributed by atoms with Crippen molar-refractivity contribution in [1.29, 1.82) is 0 Å². The van der Waals surface area contributed by atoms with Gasteiger partial charge in [-0.2, -0.15) is 0 Å². The Morgan fingerprint density at radius 3 is 2.85 bits per heavy atom. The van der Waals surface area contributed by atoms with E-state index in [1.165, 1.54) is 22.3 Å². The van der Waals surface area contributed by atoms with E-state index in [4.69, 9.17) is 0 Å². The molecule has 2 nitrogen and oxygen atoms in total. The Labute approximate surface area is 120 Å². The number of fused-ring (bicyclic) bond motifs is 1. The molecule has 2 aromatic carbocycles. The number of phenols is 1. The highest BCUT2D eigenvalue weighted by atomic mass is 16.3. The van der Waals surface area contributed by atoms with Gasteiger partial charge in [0, 0.05) is 12.1 Å². The smallest absolute Gasteiger partial charge is 0.115 e. The molecule has 1 aliphatic rings. The van der Waals surface area contributed by atoms with Gasteiger partial charge in [-0.25, -0.2) is 0 Å². The number of rotatable bonds is 3. The maximum atomic E-state index is 9.55. The molecule has 104 valence electrons. The maximum Gasteiger partial charge on any atom is 0.115 e. The predicted octanol–water partition coefficient (Wildman–Crippen LogP) is 4.04. The second-order valence-electron chi connectivity index (χ2n) is 5.78. The minimum atomic E-state index is 0.333. The molecule has 2 atom stereocenters. The molecule has 2 aromatic rings. The highest BCUT2D eigenvalue weighted by molar-refractivity contribution is 5.40. The Hall–Kier alpha value is -1.80. The van der Waals surface area contributed by atoms with Crippen LogP contribution in [0.25, 0.3) is 0 Å². The van der Waals surface area contributed by atoms with Crippen LogP contribution in [-0.2, 0) is 6.42 Å². The molecule has 1 unspecified atom stereocenters. The molecule has 0 heterocycles. The summed E-state index contributed by atoms with van der Waals surface area (Å²) in [6, 6.07) is 15.1. The van der Waals surface area contributed by atoms with Crippen LogP contribution in [0.4, 0.5) is 0 Å². The van der Waals surface area contributed by atoms with Crippen LogP contribution >= 0.6 is 0 Å². The number of aromatic hydroxyl groups is 1. The van der Waals surface area contributed by atoms with Crippen molar-refractivity contribution in [3.63, 3.8) is 0 Å². The fraction of sp³-hybridized carbons (Fsp3) is 0.333. The van der Waals surface area contributed by atoms with Crippen LogP contribution in [0.3, 0.4) is 0 Å². The van der Waals surface area contributed by atoms with Gasteiger partial charge in [-0.05, 0) is 55.5 Å². The molecule has 2 N–H and O–H groups in total. The lowest BCUT2D eigenvalue weighted by atomic mass is 10.0. The molecule has 0 bridgehead atoms. The minimum Gasteiger partial charge on any atom is -0.508 e. The van der Waals surface area contributed by atoms with Gasteiger partial charge in [0.25, 0.3) is 0 Å². The summed E-state index contributed by atoms with van der Waals surface area (Å²) in [6.07, 6.45) is 2.15. The third-order valence-corrected chi connectivity index (χ3v) is 4.20. The lowest BCUT2D eigenvalue weighted by Gasteiger charge is -2.21. The highest BCUT2D eigenvalue weighted by Crippen LogP contribution is 2.34. The molecule has 20 heavy (non-hydrogen) atoms. The van der Waals surface area contributed by atoms with Crippen molar-refractivity contribution in [2.24, 2.45) is 0 Å². The summed E-state index contributed by atoms with van der Waals surface area (Å²) < 4.78 is 0. The quantitative estimate of drug-likeness (QED) is 0.879. The normalized spacial score (nSPS) is 18.8. The first-order chi connectivity index (χ1) is 9.63. The van der Waals surface area contributed by atoms with E-state index in [1.807, 2.05) is 6.07 Å². The molecular formula is C18H21NO. The van der Waals surface area contributed by atoms with E-state index >= 15 is 0 Å². The van der Waals surface area contributed by atoms with Crippen molar-refractivity contribution in [2.75, 3.05) is 0 Å². The van der Waals surface area contributed by atoms with Gasteiger partial charge in [0.1, 0.15) is 5.75 Å². The molecule has 2 heteroatoms. The van der Waals surface area contributed by atoms with Crippen molar-refractivity contribution >= 4 is 0 Å². The Bertz CT molecular complexity index is 621. The standard InChI is InChI=1S/C18H21NO/c1-12-4-3-5-14(10-12)13(2)19-18-9-6-15-11-16(20)7-8-17(15)18/h3-5,7-8,10-11,13,18-20H,6,9H2,1-2H3/t13-,18?/m1/s1. The number of nitrogens with one attached hydrogen (secondary N) is 1. The first-order valence-electron chi connectivity index (χ1n) is 7.28. The summed E-state index contributed by atoms with van der Waals surface area (Å²) in [5.74, 6) is 0.371. The molecule has 0 saturated carbocycles. The number of hydrogen-bond acceptors (Lipinski definition) is 2. The lowest BCUT2D eigenvalue weighted by molar-refractivity contribution is 0.464. The van der Waals surface area contributed by atoms with Crippen molar-refractivity contribution in [2.45, 2.75) is 38.8 Å². The van der Waals surface area contributed by atoms with Gasteiger partial charge >= 0.3 is 0 Å².